The van der Waals surface area contributed by atoms with Crippen LogP contribution < -0.4 is 5.32 Å². The second-order valence-corrected chi connectivity index (χ2v) is 2.34. The van der Waals surface area contributed by atoms with Crippen molar-refractivity contribution in [1.82, 2.24) is 5.32 Å². The summed E-state index contributed by atoms with van der Waals surface area (Å²) in [6.07, 6.45) is -6.38. The smallest absolute Gasteiger partial charge is 0.465 e. The first-order valence-corrected chi connectivity index (χ1v) is 3.50. The van der Waals surface area contributed by atoms with E-state index in [4.69, 9.17) is 10.2 Å². The number of rotatable bonds is 2. The molecule has 1 unspecified atom stereocenters. The molecule has 0 spiro atoms. The van der Waals surface area contributed by atoms with Crippen LogP contribution in [0.25, 0.3) is 0 Å². The van der Waals surface area contributed by atoms with Gasteiger partial charge in [-0.1, -0.05) is 0 Å². The summed E-state index contributed by atoms with van der Waals surface area (Å²) < 4.78 is 55.5. The normalized spacial score (nSPS) is 13.9. The van der Waals surface area contributed by atoms with E-state index in [2.05, 4.69) is 5.32 Å². The van der Waals surface area contributed by atoms with Crippen LogP contribution in [-0.2, 0) is 4.79 Å². The molecule has 0 radical (unpaired) electrons. The minimum Gasteiger partial charge on any atom is -0.477 e. The van der Waals surface area contributed by atoms with Crippen LogP contribution in [-0.4, -0.2) is 41.6 Å². The number of carbonyl (C=O) groups is 1. The minimum absolute atomic E-state index is 0.366. The van der Waals surface area contributed by atoms with Gasteiger partial charge in [0.15, 0.2) is 0 Å². The number of alkyl halides is 5. The molecule has 0 heterocycles. The Kier molecular flexibility index (Phi) is 6.38. The lowest BCUT2D eigenvalue weighted by Gasteiger charge is -2.13. The third-order valence-electron chi connectivity index (χ3n) is 1.04. The molecule has 0 amide bonds. The molecule has 0 saturated carbocycles. The average Bonchev–Trinajstić information content (AvgIpc) is 2.03. The highest BCUT2D eigenvalue weighted by Gasteiger charge is 2.64. The molecule has 4 nitrogen and oxygen atoms in total. The van der Waals surface area contributed by atoms with Crippen LogP contribution in [0.15, 0.2) is 0 Å². The molecular formula is C6H10F5NO3. The largest absolute Gasteiger partial charge is 0.477 e. The first-order chi connectivity index (χ1) is 6.46. The van der Waals surface area contributed by atoms with Gasteiger partial charge in [-0.3, -0.25) is 5.32 Å². The summed E-state index contributed by atoms with van der Waals surface area (Å²) in [5.41, 5.74) is 0. The van der Waals surface area contributed by atoms with Gasteiger partial charge in [0, 0.05) is 0 Å². The number of aliphatic hydroxyl groups is 1. The van der Waals surface area contributed by atoms with Gasteiger partial charge in [0.2, 0.25) is 0 Å². The highest BCUT2D eigenvalue weighted by molar-refractivity contribution is 5.76. The van der Waals surface area contributed by atoms with E-state index in [1.165, 1.54) is 0 Å². The maximum Gasteiger partial charge on any atom is 0.465 e. The van der Waals surface area contributed by atoms with E-state index < -0.39 is 18.1 Å². The first-order valence-electron chi connectivity index (χ1n) is 3.50. The van der Waals surface area contributed by atoms with Gasteiger partial charge in [-0.25, -0.2) is 4.79 Å². The number of nitrogens with one attached hydrogen (secondary N) is 1. The van der Waals surface area contributed by atoms with Crippen LogP contribution in [0.1, 0.15) is 6.92 Å². The average molecular weight is 239 g/mol. The summed E-state index contributed by atoms with van der Waals surface area (Å²) in [4.78, 5) is 9.20. The van der Waals surface area contributed by atoms with Crippen molar-refractivity contribution in [3.63, 3.8) is 0 Å². The van der Waals surface area contributed by atoms with Gasteiger partial charge in [0.25, 0.3) is 0 Å². The monoisotopic (exact) mass is 239 g/mol. The molecule has 92 valence electrons. The molecular weight excluding hydrogens is 229 g/mol. The molecule has 0 aromatic heterocycles. The van der Waals surface area contributed by atoms with Crippen molar-refractivity contribution in [2.45, 2.75) is 25.3 Å². The van der Waals surface area contributed by atoms with Crippen molar-refractivity contribution in [1.29, 1.82) is 0 Å². The Labute approximate surface area is 81.7 Å². The van der Waals surface area contributed by atoms with Crippen LogP contribution in [0.5, 0.6) is 0 Å². The molecule has 0 rings (SSSR count). The molecule has 0 aliphatic carbocycles. The fourth-order valence-electron chi connectivity index (χ4n) is 0.121. The second kappa shape index (κ2) is 5.81. The molecule has 1 atom stereocenters. The molecule has 0 aromatic rings. The molecule has 0 aliphatic rings. The summed E-state index contributed by atoms with van der Waals surface area (Å²) in [6, 6.07) is 0. The van der Waals surface area contributed by atoms with E-state index in [-0.39, 0.29) is 6.23 Å². The fourth-order valence-corrected chi connectivity index (χ4v) is 0.121. The van der Waals surface area contributed by atoms with Crippen molar-refractivity contribution in [2.75, 3.05) is 7.05 Å². The van der Waals surface area contributed by atoms with E-state index in [9.17, 15) is 26.7 Å². The van der Waals surface area contributed by atoms with E-state index >= 15 is 0 Å². The molecule has 3 N–H and O–H groups in total. The number of hydrogen-bond acceptors (Lipinski definition) is 3. The van der Waals surface area contributed by atoms with Crippen LogP contribution in [0.4, 0.5) is 22.0 Å². The SMILES string of the molecule is CNC(C)O.O=C(O)C(F)(F)C(F)(F)F. The van der Waals surface area contributed by atoms with E-state index in [1.54, 1.807) is 14.0 Å². The third kappa shape index (κ3) is 6.18. The Balaban J connectivity index is 0. The Bertz CT molecular complexity index is 203. The zero-order valence-electron chi connectivity index (χ0n) is 7.77. The molecule has 0 fully saturated rings. The van der Waals surface area contributed by atoms with Crippen molar-refractivity contribution in [2.24, 2.45) is 0 Å². The van der Waals surface area contributed by atoms with Gasteiger partial charge >= 0.3 is 18.1 Å². The second-order valence-electron chi connectivity index (χ2n) is 2.34. The number of carboxylic acids is 1. The maximum atomic E-state index is 11.3. The highest BCUT2D eigenvalue weighted by atomic mass is 19.4. The Hall–Kier alpha value is -0.960. The Morgan fingerprint density at radius 1 is 1.27 bits per heavy atom. The molecule has 15 heavy (non-hydrogen) atoms. The minimum atomic E-state index is -6.02. The standard InChI is InChI=1S/C3HF5O2.C3H9NO/c4-2(5,1(9)10)3(6,7)8;1-3(5)4-2/h(H,9,10);3-5H,1-2H3. The molecule has 0 saturated heterocycles. The van der Waals surface area contributed by atoms with Crippen molar-refractivity contribution in [3.05, 3.63) is 0 Å². The number of aliphatic carboxylic acids is 1. The van der Waals surface area contributed by atoms with Gasteiger partial charge in [-0.2, -0.15) is 22.0 Å². The molecule has 0 aromatic carbocycles. The van der Waals surface area contributed by atoms with Crippen LogP contribution in [0.3, 0.4) is 0 Å². The Morgan fingerprint density at radius 2 is 1.53 bits per heavy atom. The zero-order chi connectivity index (χ0) is 12.9. The highest BCUT2D eigenvalue weighted by Crippen LogP contribution is 2.35. The van der Waals surface area contributed by atoms with Crippen LogP contribution >= 0.6 is 0 Å². The van der Waals surface area contributed by atoms with E-state index in [1.807, 2.05) is 0 Å². The summed E-state index contributed by atoms with van der Waals surface area (Å²) in [6.45, 7) is 1.67. The zero-order valence-corrected chi connectivity index (χ0v) is 7.77. The van der Waals surface area contributed by atoms with Crippen molar-refractivity contribution >= 4 is 5.97 Å². The lowest BCUT2D eigenvalue weighted by Crippen LogP contribution is -2.43. The predicted molar refractivity (Wildman–Crippen MR) is 39.4 cm³/mol. The van der Waals surface area contributed by atoms with E-state index in [0.717, 1.165) is 0 Å². The fraction of sp³-hybridized carbons (Fsp3) is 0.833. The third-order valence-corrected chi connectivity index (χ3v) is 1.04. The van der Waals surface area contributed by atoms with Gasteiger partial charge in [-0.05, 0) is 14.0 Å². The first kappa shape index (κ1) is 16.5. The maximum absolute atomic E-state index is 11.3. The van der Waals surface area contributed by atoms with Gasteiger partial charge in [-0.15, -0.1) is 0 Å². The van der Waals surface area contributed by atoms with Gasteiger partial charge in [0.05, 0.1) is 0 Å². The molecule has 9 heteroatoms. The van der Waals surface area contributed by atoms with Crippen LogP contribution in [0.2, 0.25) is 0 Å². The number of aliphatic hydroxyl groups excluding tert-OH is 1. The summed E-state index contributed by atoms with van der Waals surface area (Å²) in [5.74, 6) is -8.84. The summed E-state index contributed by atoms with van der Waals surface area (Å²) >= 11 is 0. The lowest BCUT2D eigenvalue weighted by atomic mass is 10.3. The quantitative estimate of drug-likeness (QED) is 0.492. The Morgan fingerprint density at radius 3 is 1.53 bits per heavy atom. The van der Waals surface area contributed by atoms with Gasteiger partial charge < -0.3 is 10.2 Å². The molecule has 0 bridgehead atoms. The lowest BCUT2D eigenvalue weighted by molar-refractivity contribution is -0.277. The topological polar surface area (TPSA) is 69.6 Å². The molecule has 0 aliphatic heterocycles. The predicted octanol–water partition coefficient (Wildman–Crippen LogP) is 0.813. The number of carboxylic acid groups (broad SMARTS) is 1. The van der Waals surface area contributed by atoms with Gasteiger partial charge in [0.1, 0.15) is 6.23 Å². The van der Waals surface area contributed by atoms with Crippen LogP contribution in [0, 0.1) is 0 Å². The van der Waals surface area contributed by atoms with E-state index in [0.29, 0.717) is 0 Å². The summed E-state index contributed by atoms with van der Waals surface area (Å²) in [5, 5.41) is 18.1. The summed E-state index contributed by atoms with van der Waals surface area (Å²) in [7, 11) is 1.70. The number of hydrogen-bond donors (Lipinski definition) is 3. The number of halogens is 5. The van der Waals surface area contributed by atoms with Crippen molar-refractivity contribution < 1.29 is 37.0 Å². The van der Waals surface area contributed by atoms with Crippen molar-refractivity contribution in [3.8, 4) is 0 Å².